The van der Waals surface area contributed by atoms with Crippen molar-refractivity contribution in [3.63, 3.8) is 0 Å². The van der Waals surface area contributed by atoms with Gasteiger partial charge in [0.05, 0.1) is 50.9 Å². The van der Waals surface area contributed by atoms with Gasteiger partial charge in [-0.15, -0.1) is 0 Å². The highest BCUT2D eigenvalue weighted by Crippen LogP contribution is 2.46. The molecule has 1 fully saturated rings. The summed E-state index contributed by atoms with van der Waals surface area (Å²) in [5.74, 6) is -0.838. The monoisotopic (exact) mass is 1070 g/mol. The molecule has 3 N–H and O–H groups in total. The van der Waals surface area contributed by atoms with Crippen LogP contribution in [-0.2, 0) is 55.9 Å². The minimum Gasteiger partial charge on any atom is -0.494 e. The second kappa shape index (κ2) is 26.3. The Morgan fingerprint density at radius 3 is 2.25 bits per heavy atom. The lowest BCUT2D eigenvalue weighted by atomic mass is 9.93. The first-order valence-corrected chi connectivity index (χ1v) is 25.9. The molecule has 75 heavy (non-hydrogen) atoms. The Kier molecular flexibility index (Phi) is 19.7. The summed E-state index contributed by atoms with van der Waals surface area (Å²) in [6, 6.07) is 13.3. The van der Waals surface area contributed by atoms with E-state index in [9.17, 15) is 28.8 Å². The second-order valence-electron chi connectivity index (χ2n) is 18.4. The molecule has 7 rings (SSSR count). The predicted molar refractivity (Wildman–Crippen MR) is 283 cm³/mol. The molecule has 0 saturated carbocycles. The van der Waals surface area contributed by atoms with E-state index in [4.69, 9.17) is 56.7 Å². The molecule has 1 aliphatic heterocycles. The Morgan fingerprint density at radius 1 is 0.787 bits per heavy atom. The average Bonchev–Trinajstić information content (AvgIpc) is 3.88. The van der Waals surface area contributed by atoms with Crippen LogP contribution in [0, 0.1) is 34.6 Å². The number of imide groups is 1. The largest absolute Gasteiger partial charge is 0.494 e. The zero-order chi connectivity index (χ0) is 53.8. The summed E-state index contributed by atoms with van der Waals surface area (Å²) in [6.07, 6.45) is 2.50. The highest BCUT2D eigenvalue weighted by Gasteiger charge is 2.33. The maximum Gasteiger partial charge on any atom is 0.334 e. The molecule has 18 nitrogen and oxygen atoms in total. The fourth-order valence-electron chi connectivity index (χ4n) is 9.41. The number of aryl methyl sites for hydroxylation is 4. The van der Waals surface area contributed by atoms with Gasteiger partial charge in [0.15, 0.2) is 6.61 Å². The van der Waals surface area contributed by atoms with Crippen molar-refractivity contribution in [2.45, 2.75) is 92.7 Å². The van der Waals surface area contributed by atoms with Gasteiger partial charge < -0.3 is 39.1 Å². The molecule has 0 bridgehead atoms. The number of piperidine rings is 1. The highest BCUT2D eigenvalue weighted by atomic mass is 35.5. The lowest BCUT2D eigenvalue weighted by Gasteiger charge is -2.25. The molecule has 2 aliphatic rings. The minimum absolute atomic E-state index is 0.00354. The zero-order valence-electron chi connectivity index (χ0n) is 43.2. The topological polar surface area (TPSA) is 217 Å². The Hall–Kier alpha value is -6.57. The van der Waals surface area contributed by atoms with Crippen molar-refractivity contribution in [2.75, 3.05) is 66.1 Å². The number of hydrogen-bond donors (Lipinski definition) is 3. The molecular weight excluding hydrogens is 1010 g/mol. The van der Waals surface area contributed by atoms with E-state index in [0.29, 0.717) is 86.2 Å². The summed E-state index contributed by atoms with van der Waals surface area (Å²) >= 11 is 13.3. The van der Waals surface area contributed by atoms with Gasteiger partial charge in [0, 0.05) is 76.0 Å². The number of nitrogens with one attached hydrogen (secondary N) is 3. The first-order valence-electron chi connectivity index (χ1n) is 25.1. The third-order valence-corrected chi connectivity index (χ3v) is 13.9. The Morgan fingerprint density at radius 2 is 1.52 bits per heavy atom. The van der Waals surface area contributed by atoms with E-state index in [1.165, 1.54) is 10.6 Å². The van der Waals surface area contributed by atoms with E-state index in [-0.39, 0.29) is 75.9 Å². The lowest BCUT2D eigenvalue weighted by Crippen LogP contribution is -2.44. The molecule has 1 atom stereocenters. The molecule has 5 aromatic rings. The molecule has 4 amide bonds. The summed E-state index contributed by atoms with van der Waals surface area (Å²) in [5, 5.41) is 14.6. The fourth-order valence-corrected chi connectivity index (χ4v) is 9.80. The number of allylic oxidation sites excluding steroid dienone is 1. The zero-order valence-corrected chi connectivity index (χ0v) is 44.7. The Bertz CT molecular complexity index is 3030. The van der Waals surface area contributed by atoms with E-state index in [1.807, 2.05) is 52.0 Å². The summed E-state index contributed by atoms with van der Waals surface area (Å²) in [4.78, 5) is 76.2. The summed E-state index contributed by atoms with van der Waals surface area (Å²) in [5.41, 5.74) is 9.17. The molecule has 1 unspecified atom stereocenters. The number of carbonyl (C=O) groups is 5. The standard InChI is InChI=1S/C55H64Cl2N6O12/c1-7-73-55(69)43-28-42-41(40(43)10-8-19-74-38-24-33(3)53(57)34(4)25-38)13-14-44(56)52(42)51-35(5)61-62(36(51)6)29-48(65)58-17-9-18-70-20-21-71-22-23-72-31-59-49(66)30-75-37-11-12-39-32(2)26-50(67)63(46(39)27-37)45-15-16-47(64)60-54(45)68/h11-14,24-27,45H,7-10,15-23,28-31H2,1-6H3,(H,58,65)(H,59,66)(H,60,64,68). The van der Waals surface area contributed by atoms with Gasteiger partial charge >= 0.3 is 5.97 Å². The van der Waals surface area contributed by atoms with Crippen molar-refractivity contribution in [3.8, 4) is 22.6 Å². The van der Waals surface area contributed by atoms with Gasteiger partial charge in [-0.05, 0) is 131 Å². The average molecular weight is 1070 g/mol. The third-order valence-electron chi connectivity index (χ3n) is 13.0. The number of ether oxygens (including phenoxy) is 6. The molecule has 3 aromatic carbocycles. The van der Waals surface area contributed by atoms with E-state index >= 15 is 0 Å². The SMILES string of the molecule is CCOC(=O)C1=C(CCCOc2cc(C)c(Cl)c(C)c2)c2ccc(Cl)c(-c3c(C)nn(CC(=O)NCCCOCCOCCOCNC(=O)COc4ccc5c(C)cc(=O)n(C6CCC(=O)NC6=O)c5c4)c3C)c2C1. The van der Waals surface area contributed by atoms with Gasteiger partial charge in [-0.1, -0.05) is 29.3 Å². The van der Waals surface area contributed by atoms with Gasteiger partial charge in [-0.25, -0.2) is 4.79 Å². The van der Waals surface area contributed by atoms with Crippen LogP contribution in [0.5, 0.6) is 11.5 Å². The molecule has 1 aliphatic carbocycles. The van der Waals surface area contributed by atoms with Crippen LogP contribution < -0.4 is 31.0 Å². The summed E-state index contributed by atoms with van der Waals surface area (Å²) < 4.78 is 37.0. The number of pyridine rings is 1. The first kappa shape index (κ1) is 56.2. The van der Waals surface area contributed by atoms with E-state index in [0.717, 1.165) is 66.4 Å². The highest BCUT2D eigenvalue weighted by molar-refractivity contribution is 6.34. The van der Waals surface area contributed by atoms with E-state index in [2.05, 4.69) is 16.0 Å². The maximum atomic E-state index is 13.4. The van der Waals surface area contributed by atoms with Gasteiger partial charge in [-0.3, -0.25) is 38.5 Å². The number of nitrogens with zero attached hydrogens (tertiary/aromatic N) is 3. The van der Waals surface area contributed by atoms with E-state index in [1.54, 1.807) is 36.7 Å². The van der Waals surface area contributed by atoms with Crippen molar-refractivity contribution in [1.29, 1.82) is 0 Å². The molecule has 0 radical (unpaired) electrons. The van der Waals surface area contributed by atoms with Crippen LogP contribution in [0.3, 0.4) is 0 Å². The Labute approximate surface area is 445 Å². The van der Waals surface area contributed by atoms with Gasteiger partial charge in [0.1, 0.15) is 30.8 Å². The van der Waals surface area contributed by atoms with Crippen LogP contribution in [0.25, 0.3) is 27.6 Å². The van der Waals surface area contributed by atoms with Crippen molar-refractivity contribution >= 4 is 69.3 Å². The number of amides is 4. The normalized spacial score (nSPS) is 14.3. The summed E-state index contributed by atoms with van der Waals surface area (Å²) in [6.45, 7) is 13.6. The molecule has 0 spiro atoms. The van der Waals surface area contributed by atoms with Crippen LogP contribution >= 0.6 is 23.2 Å². The molecule has 3 heterocycles. The van der Waals surface area contributed by atoms with Gasteiger partial charge in [-0.2, -0.15) is 5.10 Å². The minimum atomic E-state index is -0.848. The van der Waals surface area contributed by atoms with Crippen molar-refractivity contribution in [2.24, 2.45) is 0 Å². The van der Waals surface area contributed by atoms with Crippen molar-refractivity contribution in [3.05, 3.63) is 114 Å². The molecule has 2 aromatic heterocycles. The van der Waals surface area contributed by atoms with Crippen LogP contribution in [-0.4, -0.2) is 110 Å². The third kappa shape index (κ3) is 14.0. The van der Waals surface area contributed by atoms with Crippen LogP contribution in [0.2, 0.25) is 10.0 Å². The van der Waals surface area contributed by atoms with Crippen LogP contribution in [0.15, 0.2) is 58.9 Å². The van der Waals surface area contributed by atoms with E-state index < -0.39 is 17.9 Å². The number of fused-ring (bicyclic) bond motifs is 2. The Balaban J connectivity index is 0.783. The van der Waals surface area contributed by atoms with Gasteiger partial charge in [0.2, 0.25) is 17.7 Å². The molecule has 20 heteroatoms. The summed E-state index contributed by atoms with van der Waals surface area (Å²) in [7, 11) is 0. The number of esters is 1. The number of hydrogen-bond acceptors (Lipinski definition) is 13. The molecular formula is C55H64Cl2N6O12. The van der Waals surface area contributed by atoms with Crippen molar-refractivity contribution < 1.29 is 52.4 Å². The number of benzene rings is 3. The molecule has 400 valence electrons. The van der Waals surface area contributed by atoms with Crippen LogP contribution in [0.4, 0.5) is 0 Å². The quantitative estimate of drug-likeness (QED) is 0.0218. The number of aromatic nitrogens is 3. The van der Waals surface area contributed by atoms with Gasteiger partial charge in [0.25, 0.3) is 11.5 Å². The smallest absolute Gasteiger partial charge is 0.334 e. The number of halogens is 2. The second-order valence-corrected chi connectivity index (χ2v) is 19.2. The lowest BCUT2D eigenvalue weighted by molar-refractivity contribution is -0.139. The van der Waals surface area contributed by atoms with Crippen molar-refractivity contribution in [1.82, 2.24) is 30.3 Å². The predicted octanol–water partition coefficient (Wildman–Crippen LogP) is 7.13. The first-order chi connectivity index (χ1) is 36.1. The maximum absolute atomic E-state index is 13.4. The number of carbonyl (C=O) groups excluding carboxylic acids is 5. The van der Waals surface area contributed by atoms with Crippen LogP contribution in [0.1, 0.15) is 84.3 Å². The fraction of sp³-hybridized carbons (Fsp3) is 0.436. The number of rotatable bonds is 26. The molecule has 1 saturated heterocycles.